The van der Waals surface area contributed by atoms with Gasteiger partial charge in [0.2, 0.25) is 0 Å². The monoisotopic (exact) mass is 554 g/mol. The molecule has 0 spiro atoms. The zero-order chi connectivity index (χ0) is 27.2. The molecule has 0 bridgehead atoms. The van der Waals surface area contributed by atoms with E-state index in [1.165, 1.54) is 23.3 Å². The van der Waals surface area contributed by atoms with Gasteiger partial charge in [-0.1, -0.05) is 72.3 Å². The van der Waals surface area contributed by atoms with Crippen LogP contribution in [0.4, 0.5) is 11.4 Å². The zero-order valence-corrected chi connectivity index (χ0v) is 22.9. The maximum Gasteiger partial charge on any atom is 0.272 e. The van der Waals surface area contributed by atoms with E-state index in [2.05, 4.69) is 36.9 Å². The highest BCUT2D eigenvalue weighted by atomic mass is 35.5. The number of rotatable bonds is 6. The summed E-state index contributed by atoms with van der Waals surface area (Å²) < 4.78 is 0. The standard InChI is InChI=1S/C14H13NO2S.C7H6ClNO2.C7H8S/c1-11-9-13(7-8-14(11)15(16)17)18-10-12-5-3-2-4-6-12;1-5-4-6(8)2-3-7(5)9(10)11;8-6-7-4-2-1-3-5-7/h2-9H,10H2,1H3;2-4H,1H3;1-5,8H,6H2. The summed E-state index contributed by atoms with van der Waals surface area (Å²) in [5, 5.41) is 21.5. The normalized spacial score (nSPS) is 9.84. The molecule has 6 nitrogen and oxygen atoms in total. The number of thioether (sulfide) groups is 1. The topological polar surface area (TPSA) is 86.3 Å². The van der Waals surface area contributed by atoms with E-state index < -0.39 is 4.92 Å². The number of halogens is 1. The quantitative estimate of drug-likeness (QED) is 0.111. The van der Waals surface area contributed by atoms with Crippen molar-refractivity contribution in [2.75, 3.05) is 0 Å². The van der Waals surface area contributed by atoms with Gasteiger partial charge in [0, 0.05) is 44.7 Å². The molecule has 0 aromatic heterocycles. The van der Waals surface area contributed by atoms with Crippen molar-refractivity contribution in [3.05, 3.63) is 145 Å². The second kappa shape index (κ2) is 15.7. The highest BCUT2D eigenvalue weighted by Gasteiger charge is 2.10. The number of nitro groups is 2. The van der Waals surface area contributed by atoms with Gasteiger partial charge in [-0.2, -0.15) is 12.6 Å². The Morgan fingerprint density at radius 3 is 1.65 bits per heavy atom. The Morgan fingerprint density at radius 1 is 0.730 bits per heavy atom. The maximum absolute atomic E-state index is 10.7. The van der Waals surface area contributed by atoms with Crippen molar-refractivity contribution < 1.29 is 9.85 Å². The van der Waals surface area contributed by atoms with Crippen molar-refractivity contribution in [3.8, 4) is 0 Å². The predicted molar refractivity (Wildman–Crippen MR) is 156 cm³/mol. The summed E-state index contributed by atoms with van der Waals surface area (Å²) in [7, 11) is 0. The molecule has 4 aromatic rings. The predicted octanol–water partition coefficient (Wildman–Crippen LogP) is 8.87. The molecule has 0 N–H and O–H groups in total. The minimum Gasteiger partial charge on any atom is -0.258 e. The molecule has 0 unspecified atom stereocenters. The Bertz CT molecular complexity index is 1310. The van der Waals surface area contributed by atoms with E-state index in [0.717, 1.165) is 16.4 Å². The molecule has 0 radical (unpaired) electrons. The van der Waals surface area contributed by atoms with Crippen LogP contribution in [0, 0.1) is 34.1 Å². The highest BCUT2D eigenvalue weighted by molar-refractivity contribution is 7.98. The molecule has 0 fully saturated rings. The molecule has 0 heterocycles. The van der Waals surface area contributed by atoms with E-state index >= 15 is 0 Å². The zero-order valence-electron chi connectivity index (χ0n) is 20.4. The third-order valence-electron chi connectivity index (χ3n) is 4.99. The van der Waals surface area contributed by atoms with Gasteiger partial charge in [0.1, 0.15) is 0 Å². The fourth-order valence-electron chi connectivity index (χ4n) is 3.07. The summed E-state index contributed by atoms with van der Waals surface area (Å²) in [5.74, 6) is 1.71. The first kappa shape index (κ1) is 29.9. The van der Waals surface area contributed by atoms with Crippen LogP contribution < -0.4 is 0 Å². The average molecular weight is 555 g/mol. The van der Waals surface area contributed by atoms with Crippen LogP contribution in [0.3, 0.4) is 0 Å². The molecule has 0 saturated carbocycles. The molecule has 9 heteroatoms. The van der Waals surface area contributed by atoms with Crippen molar-refractivity contribution in [2.24, 2.45) is 0 Å². The van der Waals surface area contributed by atoms with E-state index in [1.54, 1.807) is 43.8 Å². The first-order valence-corrected chi connectivity index (χ1v) is 13.2. The molecule has 192 valence electrons. The second-order valence-corrected chi connectivity index (χ2v) is 9.61. The number of benzene rings is 4. The largest absolute Gasteiger partial charge is 0.272 e. The Balaban J connectivity index is 0.000000215. The third-order valence-corrected chi connectivity index (χ3v) is 6.66. The lowest BCUT2D eigenvalue weighted by molar-refractivity contribution is -0.385. The van der Waals surface area contributed by atoms with E-state index in [4.69, 9.17) is 11.6 Å². The molecule has 0 aliphatic carbocycles. The molecule has 0 amide bonds. The smallest absolute Gasteiger partial charge is 0.258 e. The first-order valence-electron chi connectivity index (χ1n) is 11.2. The number of hydrogen-bond donors (Lipinski definition) is 1. The maximum atomic E-state index is 10.7. The highest BCUT2D eigenvalue weighted by Crippen LogP contribution is 2.27. The Hall–Kier alpha value is -3.33. The summed E-state index contributed by atoms with van der Waals surface area (Å²) >= 11 is 11.4. The van der Waals surface area contributed by atoms with Crippen molar-refractivity contribution in [3.63, 3.8) is 0 Å². The van der Waals surface area contributed by atoms with Gasteiger partial charge in [0.25, 0.3) is 11.4 Å². The van der Waals surface area contributed by atoms with Gasteiger partial charge >= 0.3 is 0 Å². The van der Waals surface area contributed by atoms with Gasteiger partial charge in [-0.25, -0.2) is 0 Å². The van der Waals surface area contributed by atoms with Crippen LogP contribution in [0.15, 0.2) is 102 Å². The molecular weight excluding hydrogens is 528 g/mol. The van der Waals surface area contributed by atoms with Gasteiger partial charge in [-0.05, 0) is 49.2 Å². The number of hydrogen-bond acceptors (Lipinski definition) is 6. The third kappa shape index (κ3) is 10.7. The van der Waals surface area contributed by atoms with Crippen LogP contribution in [0.25, 0.3) is 0 Å². The van der Waals surface area contributed by atoms with Crippen LogP contribution >= 0.6 is 36.0 Å². The van der Waals surface area contributed by atoms with Crippen LogP contribution in [0.2, 0.25) is 5.02 Å². The lowest BCUT2D eigenvalue weighted by Crippen LogP contribution is -1.91. The Kier molecular flexibility index (Phi) is 12.7. The van der Waals surface area contributed by atoms with Gasteiger partial charge < -0.3 is 0 Å². The molecule has 0 aliphatic rings. The summed E-state index contributed by atoms with van der Waals surface area (Å²) in [6.07, 6.45) is 0. The van der Waals surface area contributed by atoms with Crippen LogP contribution in [-0.2, 0) is 11.5 Å². The van der Waals surface area contributed by atoms with Gasteiger partial charge in [0.05, 0.1) is 9.85 Å². The fourth-order valence-corrected chi connectivity index (χ4v) is 4.46. The molecule has 37 heavy (non-hydrogen) atoms. The van der Waals surface area contributed by atoms with Crippen molar-refractivity contribution in [2.45, 2.75) is 30.2 Å². The summed E-state index contributed by atoms with van der Waals surface area (Å²) in [6.45, 7) is 3.43. The Labute approximate surface area is 231 Å². The van der Waals surface area contributed by atoms with Crippen LogP contribution in [0.1, 0.15) is 22.3 Å². The lowest BCUT2D eigenvalue weighted by Gasteiger charge is -2.03. The minimum atomic E-state index is -0.425. The van der Waals surface area contributed by atoms with E-state index in [-0.39, 0.29) is 16.3 Å². The molecular formula is C28H27ClN2O4S2. The van der Waals surface area contributed by atoms with E-state index in [9.17, 15) is 20.2 Å². The van der Waals surface area contributed by atoms with Gasteiger partial charge in [-0.3, -0.25) is 20.2 Å². The second-order valence-electron chi connectivity index (χ2n) is 7.81. The summed E-state index contributed by atoms with van der Waals surface area (Å²) in [6, 6.07) is 30.1. The molecule has 4 aromatic carbocycles. The lowest BCUT2D eigenvalue weighted by atomic mass is 10.2. The molecule has 4 rings (SSSR count). The average Bonchev–Trinajstić information content (AvgIpc) is 2.89. The van der Waals surface area contributed by atoms with Gasteiger partial charge in [0.15, 0.2) is 0 Å². The van der Waals surface area contributed by atoms with Gasteiger partial charge in [-0.15, -0.1) is 11.8 Å². The fraction of sp³-hybridized carbons (Fsp3) is 0.143. The van der Waals surface area contributed by atoms with E-state index in [0.29, 0.717) is 16.1 Å². The number of aryl methyl sites for hydroxylation is 2. The van der Waals surface area contributed by atoms with Crippen LogP contribution in [-0.4, -0.2) is 9.85 Å². The number of thiol groups is 1. The number of nitro benzene ring substituents is 2. The minimum absolute atomic E-state index is 0.106. The number of nitrogens with zero attached hydrogens (tertiary/aromatic N) is 2. The van der Waals surface area contributed by atoms with Crippen molar-refractivity contribution in [1.29, 1.82) is 0 Å². The molecule has 0 atom stereocenters. The SMILES string of the molecule is Cc1cc(Cl)ccc1[N+](=O)[O-].Cc1cc(SCc2ccccc2)ccc1[N+](=O)[O-].SCc1ccccc1. The van der Waals surface area contributed by atoms with Crippen molar-refractivity contribution >= 4 is 47.4 Å². The Morgan fingerprint density at radius 2 is 1.22 bits per heavy atom. The van der Waals surface area contributed by atoms with Crippen molar-refractivity contribution in [1.82, 2.24) is 0 Å². The molecule has 0 saturated heterocycles. The summed E-state index contributed by atoms with van der Waals surface area (Å²) in [4.78, 5) is 21.3. The van der Waals surface area contributed by atoms with E-state index in [1.807, 2.05) is 42.5 Å². The summed E-state index contributed by atoms with van der Waals surface area (Å²) in [5.41, 5.74) is 4.10. The first-order chi connectivity index (χ1) is 17.7. The van der Waals surface area contributed by atoms with Crippen LogP contribution in [0.5, 0.6) is 0 Å². The molecule has 0 aliphatic heterocycles.